The van der Waals surface area contributed by atoms with Gasteiger partial charge in [-0.05, 0) is 45.2 Å². The molecule has 1 saturated heterocycles. The average molecular weight is 577 g/mol. The fourth-order valence-corrected chi connectivity index (χ4v) is 4.17. The van der Waals surface area contributed by atoms with Crippen molar-refractivity contribution in [3.63, 3.8) is 0 Å². The third-order valence-corrected chi connectivity index (χ3v) is 5.95. The van der Waals surface area contributed by atoms with Crippen LogP contribution in [0.4, 0.5) is 34.3 Å². The van der Waals surface area contributed by atoms with Gasteiger partial charge in [-0.1, -0.05) is 17.7 Å². The van der Waals surface area contributed by atoms with Crippen molar-refractivity contribution in [2.75, 3.05) is 42.3 Å². The Hall–Kier alpha value is -2.99. The summed E-state index contributed by atoms with van der Waals surface area (Å²) in [6.07, 6.45) is -3.00. The van der Waals surface area contributed by atoms with E-state index in [1.165, 1.54) is 12.3 Å². The molecule has 2 heterocycles. The summed E-state index contributed by atoms with van der Waals surface area (Å²) >= 11 is 11.5. The van der Waals surface area contributed by atoms with E-state index in [1.807, 2.05) is 4.90 Å². The second kappa shape index (κ2) is 12.2. The van der Waals surface area contributed by atoms with Gasteiger partial charge in [-0.15, -0.1) is 11.6 Å². The van der Waals surface area contributed by atoms with Gasteiger partial charge in [0, 0.05) is 37.6 Å². The zero-order valence-electron chi connectivity index (χ0n) is 21.1. The number of carbonyl (C=O) groups excluding carboxylic acids is 2. The highest BCUT2D eigenvalue weighted by Crippen LogP contribution is 2.37. The summed E-state index contributed by atoms with van der Waals surface area (Å²) in [6.45, 7) is 7.00. The zero-order valence-corrected chi connectivity index (χ0v) is 22.6. The number of halogens is 5. The van der Waals surface area contributed by atoms with Gasteiger partial charge in [-0.3, -0.25) is 0 Å². The zero-order chi connectivity index (χ0) is 28.1. The summed E-state index contributed by atoms with van der Waals surface area (Å²) in [4.78, 5) is 35.0. The van der Waals surface area contributed by atoms with Crippen LogP contribution in [0.15, 0.2) is 24.4 Å². The molecular formula is C24H29Cl2F3N6O3. The lowest BCUT2D eigenvalue weighted by molar-refractivity contribution is -0.137. The average Bonchev–Trinajstić information content (AvgIpc) is 3.28. The van der Waals surface area contributed by atoms with Gasteiger partial charge >= 0.3 is 18.3 Å². The number of rotatable bonds is 7. The standard InChI is InChI=1S/C24H29Cl2F3N6O3/c1-23(2,3)38-22(37)32-11-14-6-9-35(13-14)20-18(33-21(36)30-8-7-25)12-31-19(34-20)15-4-5-16(17(26)10-15)24(27,28)29/h4-5,10,12,14H,6-9,11,13H2,1-3H3,(H,32,37)(H2,30,33,36). The van der Waals surface area contributed by atoms with Crippen LogP contribution in [0.5, 0.6) is 0 Å². The molecule has 3 N–H and O–H groups in total. The predicted octanol–water partition coefficient (Wildman–Crippen LogP) is 5.53. The number of benzene rings is 1. The van der Waals surface area contributed by atoms with Crippen molar-refractivity contribution in [3.8, 4) is 11.4 Å². The number of alkyl halides is 4. The Bertz CT molecular complexity index is 1160. The van der Waals surface area contributed by atoms with Gasteiger partial charge in [0.05, 0.1) is 16.8 Å². The molecule has 1 aromatic carbocycles. The maximum atomic E-state index is 13.1. The molecule has 3 amide bonds. The fourth-order valence-electron chi connectivity index (χ4n) is 3.79. The first kappa shape index (κ1) is 29.6. The highest BCUT2D eigenvalue weighted by Gasteiger charge is 2.33. The SMILES string of the molecule is CC(C)(C)OC(=O)NCC1CCN(c2nc(-c3ccc(C(F)(F)F)c(Cl)c3)ncc2NC(=O)NCCCl)C1. The Labute approximate surface area is 228 Å². The van der Waals surface area contributed by atoms with Gasteiger partial charge in [-0.25, -0.2) is 19.6 Å². The van der Waals surface area contributed by atoms with E-state index >= 15 is 0 Å². The van der Waals surface area contributed by atoms with Gasteiger partial charge in [0.2, 0.25) is 0 Å². The van der Waals surface area contributed by atoms with Crippen LogP contribution in [0.25, 0.3) is 11.4 Å². The minimum absolute atomic E-state index is 0.0689. The number of nitrogens with one attached hydrogen (secondary N) is 3. The van der Waals surface area contributed by atoms with Crippen molar-refractivity contribution in [1.29, 1.82) is 0 Å². The minimum atomic E-state index is -4.59. The normalized spacial score (nSPS) is 15.8. The number of alkyl carbamates (subject to hydrolysis) is 1. The van der Waals surface area contributed by atoms with Crippen LogP contribution >= 0.6 is 23.2 Å². The molecule has 0 radical (unpaired) electrons. The molecule has 1 atom stereocenters. The Morgan fingerprint density at radius 2 is 1.95 bits per heavy atom. The summed E-state index contributed by atoms with van der Waals surface area (Å²) < 4.78 is 44.7. The molecule has 3 rings (SSSR count). The Morgan fingerprint density at radius 3 is 2.58 bits per heavy atom. The molecule has 0 saturated carbocycles. The molecule has 2 aromatic rings. The second-order valence-corrected chi connectivity index (χ2v) is 10.5. The van der Waals surface area contributed by atoms with Crippen molar-refractivity contribution >= 4 is 46.8 Å². The number of hydrogen-bond acceptors (Lipinski definition) is 6. The summed E-state index contributed by atoms with van der Waals surface area (Å²) in [5.74, 6) is 0.812. The molecule has 1 unspecified atom stereocenters. The summed E-state index contributed by atoms with van der Waals surface area (Å²) in [7, 11) is 0. The van der Waals surface area contributed by atoms with Gasteiger partial charge in [0.15, 0.2) is 11.6 Å². The largest absolute Gasteiger partial charge is 0.444 e. The van der Waals surface area contributed by atoms with Crippen LogP contribution < -0.4 is 20.9 Å². The number of aromatic nitrogens is 2. The minimum Gasteiger partial charge on any atom is -0.444 e. The fraction of sp³-hybridized carbons (Fsp3) is 0.500. The predicted molar refractivity (Wildman–Crippen MR) is 140 cm³/mol. The third-order valence-electron chi connectivity index (χ3n) is 5.45. The molecule has 0 aliphatic carbocycles. The summed E-state index contributed by atoms with van der Waals surface area (Å²) in [5.41, 5.74) is -0.990. The molecule has 0 spiro atoms. The molecule has 1 fully saturated rings. The lowest BCUT2D eigenvalue weighted by atomic mass is 10.1. The molecular weight excluding hydrogens is 548 g/mol. The van der Waals surface area contributed by atoms with Crippen LogP contribution in [0, 0.1) is 5.92 Å². The van der Waals surface area contributed by atoms with Crippen molar-refractivity contribution in [2.24, 2.45) is 5.92 Å². The first-order chi connectivity index (χ1) is 17.8. The van der Waals surface area contributed by atoms with Crippen LogP contribution in [0.2, 0.25) is 5.02 Å². The van der Waals surface area contributed by atoms with Crippen molar-refractivity contribution in [1.82, 2.24) is 20.6 Å². The van der Waals surface area contributed by atoms with E-state index < -0.39 is 34.5 Å². The molecule has 14 heteroatoms. The number of amides is 3. The molecule has 38 heavy (non-hydrogen) atoms. The monoisotopic (exact) mass is 576 g/mol. The third kappa shape index (κ3) is 8.26. The topological polar surface area (TPSA) is 108 Å². The van der Waals surface area contributed by atoms with Crippen LogP contribution in [0.1, 0.15) is 32.8 Å². The molecule has 1 aromatic heterocycles. The maximum absolute atomic E-state index is 13.1. The van der Waals surface area contributed by atoms with Crippen LogP contribution in [-0.2, 0) is 10.9 Å². The van der Waals surface area contributed by atoms with E-state index in [2.05, 4.69) is 25.9 Å². The number of carbonyl (C=O) groups is 2. The van der Waals surface area contributed by atoms with Crippen LogP contribution in [-0.4, -0.2) is 59.8 Å². The van der Waals surface area contributed by atoms with Gasteiger partial charge < -0.3 is 25.6 Å². The van der Waals surface area contributed by atoms with E-state index in [4.69, 9.17) is 27.9 Å². The highest BCUT2D eigenvalue weighted by molar-refractivity contribution is 6.31. The lowest BCUT2D eigenvalue weighted by Crippen LogP contribution is -2.36. The van der Waals surface area contributed by atoms with E-state index in [-0.39, 0.29) is 29.7 Å². The van der Waals surface area contributed by atoms with E-state index in [0.29, 0.717) is 31.1 Å². The number of hydrogen-bond donors (Lipinski definition) is 3. The maximum Gasteiger partial charge on any atom is 0.417 e. The van der Waals surface area contributed by atoms with Gasteiger partial charge in [-0.2, -0.15) is 13.2 Å². The van der Waals surface area contributed by atoms with Crippen LogP contribution in [0.3, 0.4) is 0 Å². The highest BCUT2D eigenvalue weighted by atomic mass is 35.5. The second-order valence-electron chi connectivity index (χ2n) is 9.68. The Morgan fingerprint density at radius 1 is 1.21 bits per heavy atom. The number of nitrogens with zero attached hydrogens (tertiary/aromatic N) is 3. The molecule has 0 bridgehead atoms. The number of urea groups is 1. The summed E-state index contributed by atoms with van der Waals surface area (Å²) in [5, 5.41) is 7.57. The Kier molecular flexibility index (Phi) is 9.53. The van der Waals surface area contributed by atoms with Crippen molar-refractivity contribution in [3.05, 3.63) is 35.0 Å². The van der Waals surface area contributed by atoms with E-state index in [0.717, 1.165) is 18.6 Å². The smallest absolute Gasteiger partial charge is 0.417 e. The molecule has 208 valence electrons. The van der Waals surface area contributed by atoms with Gasteiger partial charge in [0.1, 0.15) is 11.3 Å². The summed E-state index contributed by atoms with van der Waals surface area (Å²) in [6, 6.07) is 2.76. The van der Waals surface area contributed by atoms with E-state index in [9.17, 15) is 22.8 Å². The quantitative estimate of drug-likeness (QED) is 0.374. The number of ether oxygens (including phenoxy) is 1. The molecule has 9 nitrogen and oxygen atoms in total. The van der Waals surface area contributed by atoms with Gasteiger partial charge in [0.25, 0.3) is 0 Å². The molecule has 1 aliphatic heterocycles. The van der Waals surface area contributed by atoms with Crippen molar-refractivity contribution < 1.29 is 27.5 Å². The lowest BCUT2D eigenvalue weighted by Gasteiger charge is -2.22. The first-order valence-electron chi connectivity index (χ1n) is 11.8. The van der Waals surface area contributed by atoms with E-state index in [1.54, 1.807) is 20.8 Å². The molecule has 1 aliphatic rings. The Balaban J connectivity index is 1.83. The first-order valence-corrected chi connectivity index (χ1v) is 12.7. The van der Waals surface area contributed by atoms with Crippen molar-refractivity contribution in [2.45, 2.75) is 39.0 Å². The number of anilines is 2.